The first-order valence-corrected chi connectivity index (χ1v) is 5.17. The summed E-state index contributed by atoms with van der Waals surface area (Å²) in [7, 11) is 5.76. The highest BCUT2D eigenvalue weighted by atomic mass is 16.2. The minimum absolute atomic E-state index is 0.0677. The predicted molar refractivity (Wildman–Crippen MR) is 62.6 cm³/mol. The second-order valence-corrected chi connectivity index (χ2v) is 4.62. The van der Waals surface area contributed by atoms with E-state index in [1.54, 1.807) is 0 Å². The van der Waals surface area contributed by atoms with Crippen molar-refractivity contribution in [2.24, 2.45) is 5.92 Å². The Hall–Kier alpha value is -1.25. The van der Waals surface area contributed by atoms with Gasteiger partial charge in [-0.25, -0.2) is 0 Å². The van der Waals surface area contributed by atoms with Gasteiger partial charge in [-0.2, -0.15) is 0 Å². The van der Waals surface area contributed by atoms with Gasteiger partial charge in [-0.05, 0) is 24.5 Å². The van der Waals surface area contributed by atoms with E-state index in [-0.39, 0.29) is 11.8 Å². The third kappa shape index (κ3) is 1.29. The van der Waals surface area contributed by atoms with Gasteiger partial charge in [-0.3, -0.25) is 4.79 Å². The van der Waals surface area contributed by atoms with Crippen molar-refractivity contribution in [3.63, 3.8) is 0 Å². The molecule has 0 spiro atoms. The van der Waals surface area contributed by atoms with Gasteiger partial charge in [-0.15, -0.1) is 0 Å². The molecule has 1 aliphatic rings. The van der Waals surface area contributed by atoms with Crippen molar-refractivity contribution in [1.82, 2.24) is 0 Å². The Morgan fingerprint density at radius 2 is 2.07 bits per heavy atom. The zero-order chi connectivity index (χ0) is 11.2. The first kappa shape index (κ1) is 10.3. The molecule has 0 aromatic heterocycles. The summed E-state index contributed by atoms with van der Waals surface area (Å²) >= 11 is 0. The first-order chi connectivity index (χ1) is 6.96. The maximum atomic E-state index is 12.0. The second kappa shape index (κ2) is 3.12. The summed E-state index contributed by atoms with van der Waals surface area (Å²) in [5, 5.41) is 2.90. The molecule has 0 saturated carbocycles. The summed E-state index contributed by atoms with van der Waals surface area (Å²) in [6.07, 6.45) is 0. The van der Waals surface area contributed by atoms with Gasteiger partial charge in [0.15, 0.2) is 0 Å². The van der Waals surface area contributed by atoms with E-state index in [0.29, 0.717) is 5.46 Å². The van der Waals surface area contributed by atoms with Crippen LogP contribution in [0.5, 0.6) is 0 Å². The number of benzene rings is 1. The van der Waals surface area contributed by atoms with Crippen molar-refractivity contribution in [2.45, 2.75) is 26.2 Å². The number of amides is 1. The lowest BCUT2D eigenvalue weighted by Crippen LogP contribution is -2.36. The fraction of sp³-hybridized carbons (Fsp3) is 0.417. The molecular formula is C12H14BNO. The van der Waals surface area contributed by atoms with Gasteiger partial charge in [0.25, 0.3) is 0 Å². The topological polar surface area (TPSA) is 29.1 Å². The summed E-state index contributed by atoms with van der Waals surface area (Å²) in [6, 6.07) is 5.58. The van der Waals surface area contributed by atoms with Gasteiger partial charge < -0.3 is 5.32 Å². The van der Waals surface area contributed by atoms with E-state index >= 15 is 0 Å². The molecule has 2 nitrogen and oxygen atoms in total. The van der Waals surface area contributed by atoms with Crippen molar-refractivity contribution in [2.75, 3.05) is 5.32 Å². The fourth-order valence-electron chi connectivity index (χ4n) is 2.05. The number of anilines is 1. The van der Waals surface area contributed by atoms with Gasteiger partial charge >= 0.3 is 0 Å². The molecule has 1 amide bonds. The molecule has 2 rings (SSSR count). The number of fused-ring (bicyclic) bond motifs is 1. The molecule has 0 bridgehead atoms. The molecule has 1 aromatic rings. The van der Waals surface area contributed by atoms with Crippen LogP contribution in [0.2, 0.25) is 0 Å². The van der Waals surface area contributed by atoms with Crippen molar-refractivity contribution < 1.29 is 4.79 Å². The molecular weight excluding hydrogens is 185 g/mol. The van der Waals surface area contributed by atoms with E-state index < -0.39 is 5.41 Å². The highest BCUT2D eigenvalue weighted by molar-refractivity contribution is 6.32. The fourth-order valence-corrected chi connectivity index (χ4v) is 2.05. The molecule has 1 aliphatic heterocycles. The van der Waals surface area contributed by atoms with Crippen LogP contribution in [0.3, 0.4) is 0 Å². The standard InChI is InChI=1S/C12H14BNO/c1-7(2)12(3)9-6-8(13)4-5-10(9)14-11(12)15/h4-7H,1-3H3,(H,14,15). The number of hydrogen-bond acceptors (Lipinski definition) is 1. The summed E-state index contributed by atoms with van der Waals surface area (Å²) in [4.78, 5) is 12.0. The molecule has 1 heterocycles. The quantitative estimate of drug-likeness (QED) is 0.679. The zero-order valence-corrected chi connectivity index (χ0v) is 9.29. The Morgan fingerprint density at radius 3 is 2.67 bits per heavy atom. The van der Waals surface area contributed by atoms with Crippen LogP contribution in [0.25, 0.3) is 0 Å². The first-order valence-electron chi connectivity index (χ1n) is 5.17. The highest BCUT2D eigenvalue weighted by Gasteiger charge is 2.44. The maximum Gasteiger partial charge on any atom is 0.235 e. The minimum Gasteiger partial charge on any atom is -0.325 e. The van der Waals surface area contributed by atoms with Gasteiger partial charge in [0, 0.05) is 5.69 Å². The second-order valence-electron chi connectivity index (χ2n) is 4.62. The summed E-state index contributed by atoms with van der Waals surface area (Å²) in [6.45, 7) is 6.08. The number of hydrogen-bond donors (Lipinski definition) is 1. The molecule has 76 valence electrons. The zero-order valence-electron chi connectivity index (χ0n) is 9.29. The van der Waals surface area contributed by atoms with E-state index in [9.17, 15) is 4.79 Å². The smallest absolute Gasteiger partial charge is 0.235 e. The Kier molecular flexibility index (Phi) is 2.14. The lowest BCUT2D eigenvalue weighted by atomic mass is 9.73. The van der Waals surface area contributed by atoms with Crippen molar-refractivity contribution >= 4 is 24.9 Å². The minimum atomic E-state index is -0.454. The van der Waals surface area contributed by atoms with Crippen molar-refractivity contribution in [1.29, 1.82) is 0 Å². The van der Waals surface area contributed by atoms with Crippen molar-refractivity contribution in [3.05, 3.63) is 23.8 Å². The van der Waals surface area contributed by atoms with Crippen LogP contribution in [0.15, 0.2) is 18.2 Å². The Labute approximate surface area is 91.5 Å². The normalized spacial score (nSPS) is 24.1. The summed E-state index contributed by atoms with van der Waals surface area (Å²) in [5.41, 5.74) is 2.16. The number of rotatable bonds is 1. The monoisotopic (exact) mass is 199 g/mol. The van der Waals surface area contributed by atoms with Crippen molar-refractivity contribution in [3.8, 4) is 0 Å². The van der Waals surface area contributed by atoms with Crippen LogP contribution in [0.1, 0.15) is 26.3 Å². The summed E-state index contributed by atoms with van der Waals surface area (Å²) in [5.74, 6) is 0.318. The van der Waals surface area contributed by atoms with Crippen LogP contribution in [-0.4, -0.2) is 13.8 Å². The van der Waals surface area contributed by atoms with E-state index in [0.717, 1.165) is 11.3 Å². The molecule has 15 heavy (non-hydrogen) atoms. The van der Waals surface area contributed by atoms with E-state index in [1.807, 2.05) is 25.1 Å². The molecule has 1 N–H and O–H groups in total. The Balaban J connectivity index is 2.63. The lowest BCUT2D eigenvalue weighted by molar-refractivity contribution is -0.121. The maximum absolute atomic E-state index is 12.0. The average molecular weight is 199 g/mol. The van der Waals surface area contributed by atoms with E-state index in [2.05, 4.69) is 19.2 Å². The molecule has 3 heteroatoms. The molecule has 0 saturated heterocycles. The van der Waals surface area contributed by atoms with Crippen LogP contribution in [0, 0.1) is 5.92 Å². The van der Waals surface area contributed by atoms with Gasteiger partial charge in [0.05, 0.1) is 5.41 Å². The third-order valence-corrected chi connectivity index (χ3v) is 3.48. The SMILES string of the molecule is [B]c1ccc2c(c1)C(C)(C(C)C)C(=O)N2. The Morgan fingerprint density at radius 1 is 1.40 bits per heavy atom. The van der Waals surface area contributed by atoms with E-state index in [1.165, 1.54) is 0 Å². The van der Waals surface area contributed by atoms with Gasteiger partial charge in [-0.1, -0.05) is 31.4 Å². The molecule has 1 aromatic carbocycles. The number of carbonyl (C=O) groups is 1. The molecule has 2 radical (unpaired) electrons. The average Bonchev–Trinajstić information content (AvgIpc) is 2.42. The van der Waals surface area contributed by atoms with E-state index in [4.69, 9.17) is 7.85 Å². The molecule has 0 aliphatic carbocycles. The third-order valence-electron chi connectivity index (χ3n) is 3.48. The largest absolute Gasteiger partial charge is 0.325 e. The van der Waals surface area contributed by atoms with Crippen LogP contribution >= 0.6 is 0 Å². The van der Waals surface area contributed by atoms with Gasteiger partial charge in [0.2, 0.25) is 5.91 Å². The van der Waals surface area contributed by atoms with Crippen LogP contribution in [0.4, 0.5) is 5.69 Å². The Bertz CT molecular complexity index is 428. The number of carbonyl (C=O) groups excluding carboxylic acids is 1. The predicted octanol–water partition coefficient (Wildman–Crippen LogP) is 1.35. The lowest BCUT2D eigenvalue weighted by Gasteiger charge is -2.26. The molecule has 1 atom stereocenters. The highest BCUT2D eigenvalue weighted by Crippen LogP contribution is 2.41. The van der Waals surface area contributed by atoms with Gasteiger partial charge in [0.1, 0.15) is 7.85 Å². The number of nitrogens with one attached hydrogen (secondary N) is 1. The van der Waals surface area contributed by atoms with Crippen LogP contribution < -0.4 is 10.8 Å². The van der Waals surface area contributed by atoms with Crippen LogP contribution in [-0.2, 0) is 10.2 Å². The molecule has 0 fully saturated rings. The summed E-state index contributed by atoms with van der Waals surface area (Å²) < 4.78 is 0. The molecule has 1 unspecified atom stereocenters.